The molecule has 0 spiro atoms. The average molecular weight is 282 g/mol. The Morgan fingerprint density at radius 1 is 1.26 bits per heavy atom. The maximum Gasteiger partial charge on any atom is 0.243 e. The lowest BCUT2D eigenvalue weighted by molar-refractivity contribution is 0.412. The number of rotatable bonds is 7. The molecule has 6 heteroatoms. The molecule has 0 saturated carbocycles. The molecule has 0 unspecified atom stereocenters. The molecule has 0 N–H and O–H groups in total. The fraction of sp³-hybridized carbons (Fsp3) is 0.462. The highest BCUT2D eigenvalue weighted by Gasteiger charge is 2.23. The average Bonchev–Trinajstić information content (AvgIpc) is 2.43. The predicted octanol–water partition coefficient (Wildman–Crippen LogP) is 2.01. The van der Waals surface area contributed by atoms with Gasteiger partial charge in [0.15, 0.2) is 0 Å². The molecule has 0 atom stereocenters. The zero-order valence-corrected chi connectivity index (χ0v) is 12.0. The molecule has 19 heavy (non-hydrogen) atoms. The van der Waals surface area contributed by atoms with Gasteiger partial charge < -0.3 is 4.74 Å². The summed E-state index contributed by atoms with van der Waals surface area (Å²) < 4.78 is 31.2. The molecule has 0 radical (unpaired) electrons. The normalized spacial score (nSPS) is 11.3. The van der Waals surface area contributed by atoms with Gasteiger partial charge in [-0.25, -0.2) is 8.42 Å². The zero-order valence-electron chi connectivity index (χ0n) is 11.2. The van der Waals surface area contributed by atoms with Crippen LogP contribution in [0.25, 0.3) is 0 Å². The molecular formula is C13H18N2O3S. The van der Waals surface area contributed by atoms with Crippen LogP contribution in [-0.2, 0) is 10.0 Å². The number of nitriles is 1. The Labute approximate surface area is 114 Å². The first kappa shape index (κ1) is 15.5. The number of methoxy groups -OCH3 is 1. The first-order valence-corrected chi connectivity index (χ1v) is 7.51. The Kier molecular flexibility index (Phi) is 5.80. The Morgan fingerprint density at radius 3 is 2.37 bits per heavy atom. The van der Waals surface area contributed by atoms with Crippen LogP contribution in [0.4, 0.5) is 0 Å². The lowest BCUT2D eigenvalue weighted by Gasteiger charge is -2.20. The van der Waals surface area contributed by atoms with E-state index in [9.17, 15) is 8.42 Å². The van der Waals surface area contributed by atoms with Crippen molar-refractivity contribution < 1.29 is 13.2 Å². The Bertz CT molecular complexity index is 532. The van der Waals surface area contributed by atoms with E-state index in [0.717, 1.165) is 0 Å². The molecule has 1 rings (SSSR count). The van der Waals surface area contributed by atoms with E-state index in [4.69, 9.17) is 10.00 Å². The highest BCUT2D eigenvalue weighted by atomic mass is 32.2. The second-order valence-corrected chi connectivity index (χ2v) is 5.93. The molecule has 0 amide bonds. The fourth-order valence-corrected chi connectivity index (χ4v) is 3.21. The summed E-state index contributed by atoms with van der Waals surface area (Å²) in [6, 6.07) is 8.23. The summed E-state index contributed by atoms with van der Waals surface area (Å²) in [4.78, 5) is 0.222. The third-order valence-electron chi connectivity index (χ3n) is 2.64. The van der Waals surface area contributed by atoms with Crippen LogP contribution in [0.3, 0.4) is 0 Å². The molecule has 104 valence electrons. The van der Waals surface area contributed by atoms with E-state index in [1.54, 1.807) is 12.1 Å². The highest BCUT2D eigenvalue weighted by Crippen LogP contribution is 2.19. The van der Waals surface area contributed by atoms with Gasteiger partial charge in [-0.3, -0.25) is 0 Å². The number of benzene rings is 1. The number of nitrogens with zero attached hydrogens (tertiary/aromatic N) is 2. The van der Waals surface area contributed by atoms with Crippen molar-refractivity contribution >= 4 is 10.0 Å². The molecule has 0 aliphatic carbocycles. The second kappa shape index (κ2) is 7.12. The molecule has 0 aliphatic heterocycles. The molecule has 0 heterocycles. The van der Waals surface area contributed by atoms with Crippen molar-refractivity contribution in [2.75, 3.05) is 20.2 Å². The van der Waals surface area contributed by atoms with Gasteiger partial charge in [0.05, 0.1) is 18.1 Å². The van der Waals surface area contributed by atoms with Gasteiger partial charge in [-0.05, 0) is 30.7 Å². The third-order valence-corrected chi connectivity index (χ3v) is 4.56. The van der Waals surface area contributed by atoms with Crippen molar-refractivity contribution in [1.29, 1.82) is 5.26 Å². The summed E-state index contributed by atoms with van der Waals surface area (Å²) in [5.41, 5.74) is 0. The summed E-state index contributed by atoms with van der Waals surface area (Å²) >= 11 is 0. The molecule has 0 saturated heterocycles. The van der Waals surface area contributed by atoms with Crippen LogP contribution in [-0.4, -0.2) is 32.9 Å². The van der Waals surface area contributed by atoms with Gasteiger partial charge in [0, 0.05) is 19.5 Å². The van der Waals surface area contributed by atoms with E-state index in [2.05, 4.69) is 0 Å². The van der Waals surface area contributed by atoms with Crippen LogP contribution in [0, 0.1) is 11.3 Å². The molecule has 0 fully saturated rings. The summed E-state index contributed by atoms with van der Waals surface area (Å²) in [6.07, 6.45) is 0.899. The minimum absolute atomic E-state index is 0.190. The van der Waals surface area contributed by atoms with Crippen molar-refractivity contribution in [2.45, 2.75) is 24.7 Å². The minimum Gasteiger partial charge on any atom is -0.497 e. The first-order valence-electron chi connectivity index (χ1n) is 6.07. The zero-order chi connectivity index (χ0) is 14.3. The Hall–Kier alpha value is -1.58. The number of ether oxygens (including phenoxy) is 1. The van der Waals surface area contributed by atoms with Crippen LogP contribution in [0.1, 0.15) is 19.8 Å². The molecule has 0 aromatic heterocycles. The van der Waals surface area contributed by atoms with E-state index >= 15 is 0 Å². The largest absolute Gasteiger partial charge is 0.497 e. The molecule has 1 aromatic rings. The third kappa shape index (κ3) is 3.94. The molecular weight excluding hydrogens is 264 g/mol. The predicted molar refractivity (Wildman–Crippen MR) is 72.3 cm³/mol. The van der Waals surface area contributed by atoms with Crippen LogP contribution < -0.4 is 4.74 Å². The van der Waals surface area contributed by atoms with E-state index < -0.39 is 10.0 Å². The van der Waals surface area contributed by atoms with Gasteiger partial charge >= 0.3 is 0 Å². The Balaban J connectivity index is 3.00. The van der Waals surface area contributed by atoms with Gasteiger partial charge in [-0.15, -0.1) is 0 Å². The topological polar surface area (TPSA) is 70.4 Å². The molecule has 0 bridgehead atoms. The standard InChI is InChI=1S/C13H18N2O3S/c1-3-10-15(11-4-9-14)19(16,17)13-7-5-12(18-2)6-8-13/h5-8H,3-4,10-11H2,1-2H3. The quantitative estimate of drug-likeness (QED) is 0.767. The van der Waals surface area contributed by atoms with Crippen molar-refractivity contribution in [3.8, 4) is 11.8 Å². The van der Waals surface area contributed by atoms with E-state index in [-0.39, 0.29) is 17.9 Å². The Morgan fingerprint density at radius 2 is 1.89 bits per heavy atom. The summed E-state index contributed by atoms with van der Waals surface area (Å²) in [5, 5.41) is 8.60. The van der Waals surface area contributed by atoms with Gasteiger partial charge in [0.25, 0.3) is 0 Å². The van der Waals surface area contributed by atoms with Crippen LogP contribution in [0.5, 0.6) is 5.75 Å². The number of hydrogen-bond acceptors (Lipinski definition) is 4. The van der Waals surface area contributed by atoms with E-state index in [1.165, 1.54) is 23.5 Å². The molecule has 1 aromatic carbocycles. The van der Waals surface area contributed by atoms with Crippen molar-refractivity contribution in [3.05, 3.63) is 24.3 Å². The lowest BCUT2D eigenvalue weighted by atomic mass is 10.3. The summed E-state index contributed by atoms with van der Waals surface area (Å²) in [6.45, 7) is 2.54. The smallest absolute Gasteiger partial charge is 0.243 e. The van der Waals surface area contributed by atoms with E-state index in [0.29, 0.717) is 18.7 Å². The van der Waals surface area contributed by atoms with Crippen LogP contribution >= 0.6 is 0 Å². The second-order valence-electron chi connectivity index (χ2n) is 3.99. The molecule has 5 nitrogen and oxygen atoms in total. The monoisotopic (exact) mass is 282 g/mol. The molecule has 0 aliphatic rings. The highest BCUT2D eigenvalue weighted by molar-refractivity contribution is 7.89. The fourth-order valence-electron chi connectivity index (χ4n) is 1.67. The maximum absolute atomic E-state index is 12.4. The van der Waals surface area contributed by atoms with Crippen LogP contribution in [0.2, 0.25) is 0 Å². The van der Waals surface area contributed by atoms with Crippen molar-refractivity contribution in [3.63, 3.8) is 0 Å². The van der Waals surface area contributed by atoms with Gasteiger partial charge in [-0.2, -0.15) is 9.57 Å². The van der Waals surface area contributed by atoms with Crippen LogP contribution in [0.15, 0.2) is 29.2 Å². The van der Waals surface area contributed by atoms with Crippen molar-refractivity contribution in [2.24, 2.45) is 0 Å². The number of sulfonamides is 1. The first-order chi connectivity index (χ1) is 9.06. The lowest BCUT2D eigenvalue weighted by Crippen LogP contribution is -2.32. The minimum atomic E-state index is -3.53. The van der Waals surface area contributed by atoms with Gasteiger partial charge in [-0.1, -0.05) is 6.92 Å². The van der Waals surface area contributed by atoms with Gasteiger partial charge in [0.1, 0.15) is 5.75 Å². The number of hydrogen-bond donors (Lipinski definition) is 0. The van der Waals surface area contributed by atoms with E-state index in [1.807, 2.05) is 13.0 Å². The summed E-state index contributed by atoms with van der Waals surface area (Å²) in [5.74, 6) is 0.609. The van der Waals surface area contributed by atoms with Crippen molar-refractivity contribution in [1.82, 2.24) is 4.31 Å². The summed E-state index contributed by atoms with van der Waals surface area (Å²) in [7, 11) is -2.01. The maximum atomic E-state index is 12.4. The van der Waals surface area contributed by atoms with Gasteiger partial charge in [0.2, 0.25) is 10.0 Å². The SMILES string of the molecule is CCCN(CCC#N)S(=O)(=O)c1ccc(OC)cc1.